The number of nitrogens with zero attached hydrogens (tertiary/aromatic N) is 2. The van der Waals surface area contributed by atoms with Crippen molar-refractivity contribution in [2.45, 2.75) is 5.92 Å². The SMILES string of the molecule is N#CC(C(=O)N1CCS(=O)CC1)c1ccccc1. The number of amides is 1. The molecule has 0 aromatic heterocycles. The van der Waals surface area contributed by atoms with Crippen molar-refractivity contribution in [3.8, 4) is 6.07 Å². The van der Waals surface area contributed by atoms with Crippen molar-refractivity contribution in [3.63, 3.8) is 0 Å². The van der Waals surface area contributed by atoms with Gasteiger partial charge in [0.15, 0.2) is 0 Å². The van der Waals surface area contributed by atoms with E-state index in [1.807, 2.05) is 18.2 Å². The summed E-state index contributed by atoms with van der Waals surface area (Å²) >= 11 is 0. The van der Waals surface area contributed by atoms with Crippen molar-refractivity contribution < 1.29 is 9.00 Å². The molecule has 1 aromatic carbocycles. The Bertz CT molecular complexity index is 485. The molecule has 0 saturated carbocycles. The fraction of sp³-hybridized carbons (Fsp3) is 0.385. The van der Waals surface area contributed by atoms with Gasteiger partial charge in [0.2, 0.25) is 5.91 Å². The number of rotatable bonds is 2. The van der Waals surface area contributed by atoms with Gasteiger partial charge in [0.25, 0.3) is 0 Å². The van der Waals surface area contributed by atoms with E-state index in [0.717, 1.165) is 5.56 Å². The summed E-state index contributed by atoms with van der Waals surface area (Å²) in [5.74, 6) is 0.0929. The van der Waals surface area contributed by atoms with Crippen LogP contribution in [0.25, 0.3) is 0 Å². The fourth-order valence-corrected chi connectivity index (χ4v) is 3.01. The van der Waals surface area contributed by atoms with Crippen LogP contribution in [0.2, 0.25) is 0 Å². The number of hydrogen-bond donors (Lipinski definition) is 0. The minimum Gasteiger partial charge on any atom is -0.339 e. The Kier molecular flexibility index (Phi) is 4.11. The summed E-state index contributed by atoms with van der Waals surface area (Å²) in [5, 5.41) is 9.18. The summed E-state index contributed by atoms with van der Waals surface area (Å²) in [6.45, 7) is 0.965. The number of benzene rings is 1. The third-order valence-corrected chi connectivity index (χ3v) is 4.27. The van der Waals surface area contributed by atoms with Gasteiger partial charge in [-0.1, -0.05) is 30.3 Å². The molecule has 0 spiro atoms. The first-order chi connectivity index (χ1) is 8.72. The molecule has 0 radical (unpaired) electrons. The van der Waals surface area contributed by atoms with Gasteiger partial charge >= 0.3 is 0 Å². The molecule has 0 bridgehead atoms. The molecule has 1 aliphatic rings. The topological polar surface area (TPSA) is 61.2 Å². The van der Waals surface area contributed by atoms with E-state index in [1.54, 1.807) is 17.0 Å². The average Bonchev–Trinajstić information content (AvgIpc) is 2.41. The number of nitriles is 1. The molecule has 1 fully saturated rings. The average molecular weight is 262 g/mol. The summed E-state index contributed by atoms with van der Waals surface area (Å²) < 4.78 is 11.2. The maximum absolute atomic E-state index is 12.2. The van der Waals surface area contributed by atoms with Crippen LogP contribution in [0.5, 0.6) is 0 Å². The van der Waals surface area contributed by atoms with Crippen molar-refractivity contribution in [1.29, 1.82) is 5.26 Å². The Morgan fingerprint density at radius 2 is 1.89 bits per heavy atom. The predicted octanol–water partition coefficient (Wildman–Crippen LogP) is 0.885. The lowest BCUT2D eigenvalue weighted by Gasteiger charge is -2.28. The van der Waals surface area contributed by atoms with Gasteiger partial charge in [-0.2, -0.15) is 5.26 Å². The van der Waals surface area contributed by atoms with E-state index < -0.39 is 16.7 Å². The Hall–Kier alpha value is -1.67. The summed E-state index contributed by atoms with van der Waals surface area (Å²) in [5.41, 5.74) is 0.719. The van der Waals surface area contributed by atoms with Crippen molar-refractivity contribution in [2.24, 2.45) is 0 Å². The minimum atomic E-state index is -0.814. The number of carbonyl (C=O) groups excluding carboxylic acids is 1. The molecule has 1 unspecified atom stereocenters. The predicted molar refractivity (Wildman–Crippen MR) is 69.3 cm³/mol. The highest BCUT2D eigenvalue weighted by Crippen LogP contribution is 2.18. The molecule has 5 heteroatoms. The smallest absolute Gasteiger partial charge is 0.244 e. The van der Waals surface area contributed by atoms with Gasteiger partial charge in [0, 0.05) is 35.4 Å². The second-order valence-corrected chi connectivity index (χ2v) is 5.84. The van der Waals surface area contributed by atoms with Gasteiger partial charge < -0.3 is 4.90 Å². The van der Waals surface area contributed by atoms with Gasteiger partial charge in [-0.25, -0.2) is 0 Å². The Morgan fingerprint density at radius 1 is 1.28 bits per heavy atom. The highest BCUT2D eigenvalue weighted by atomic mass is 32.2. The van der Waals surface area contributed by atoms with Gasteiger partial charge in [-0.05, 0) is 5.56 Å². The van der Waals surface area contributed by atoms with Crippen LogP contribution < -0.4 is 0 Å². The van der Waals surface area contributed by atoms with E-state index in [-0.39, 0.29) is 5.91 Å². The van der Waals surface area contributed by atoms with E-state index in [0.29, 0.717) is 24.6 Å². The van der Waals surface area contributed by atoms with Crippen LogP contribution in [0, 0.1) is 11.3 Å². The van der Waals surface area contributed by atoms with Crippen LogP contribution in [0.15, 0.2) is 30.3 Å². The van der Waals surface area contributed by atoms with Gasteiger partial charge in [-0.15, -0.1) is 0 Å². The zero-order valence-electron chi connectivity index (χ0n) is 9.91. The van der Waals surface area contributed by atoms with Gasteiger partial charge in [0.1, 0.15) is 5.92 Å². The van der Waals surface area contributed by atoms with Crippen LogP contribution in [0.4, 0.5) is 0 Å². The first-order valence-corrected chi connectivity index (χ1v) is 7.29. The largest absolute Gasteiger partial charge is 0.339 e. The molecule has 4 nitrogen and oxygen atoms in total. The minimum absolute atomic E-state index is 0.180. The quantitative estimate of drug-likeness (QED) is 0.795. The van der Waals surface area contributed by atoms with E-state index in [9.17, 15) is 14.3 Å². The first-order valence-electron chi connectivity index (χ1n) is 5.80. The Labute approximate surface area is 109 Å². The molecule has 18 heavy (non-hydrogen) atoms. The molecule has 94 valence electrons. The van der Waals surface area contributed by atoms with E-state index in [4.69, 9.17) is 0 Å². The van der Waals surface area contributed by atoms with Gasteiger partial charge in [-0.3, -0.25) is 9.00 Å². The fourth-order valence-electron chi connectivity index (χ4n) is 1.96. The molecule has 1 aliphatic heterocycles. The van der Waals surface area contributed by atoms with Crippen LogP contribution >= 0.6 is 0 Å². The Balaban J connectivity index is 2.12. The Morgan fingerprint density at radius 3 is 2.44 bits per heavy atom. The van der Waals surface area contributed by atoms with E-state index in [1.165, 1.54) is 0 Å². The third kappa shape index (κ3) is 2.77. The maximum atomic E-state index is 12.2. The zero-order chi connectivity index (χ0) is 13.0. The molecule has 1 atom stereocenters. The molecule has 1 aromatic rings. The van der Waals surface area contributed by atoms with E-state index in [2.05, 4.69) is 6.07 Å². The number of carbonyl (C=O) groups is 1. The van der Waals surface area contributed by atoms with Crippen molar-refractivity contribution in [3.05, 3.63) is 35.9 Å². The second kappa shape index (κ2) is 5.78. The van der Waals surface area contributed by atoms with Crippen molar-refractivity contribution in [1.82, 2.24) is 4.90 Å². The lowest BCUT2D eigenvalue weighted by molar-refractivity contribution is -0.131. The molecule has 1 saturated heterocycles. The standard InChI is InChI=1S/C13H14N2O2S/c14-10-12(11-4-2-1-3-5-11)13(16)15-6-8-18(17)9-7-15/h1-5,12H,6-9H2. The molecule has 1 amide bonds. The molecule has 1 heterocycles. The third-order valence-electron chi connectivity index (χ3n) is 3.00. The zero-order valence-corrected chi connectivity index (χ0v) is 10.7. The lowest BCUT2D eigenvalue weighted by Crippen LogP contribution is -2.43. The van der Waals surface area contributed by atoms with E-state index >= 15 is 0 Å². The van der Waals surface area contributed by atoms with Crippen LogP contribution in [-0.2, 0) is 15.6 Å². The maximum Gasteiger partial charge on any atom is 0.244 e. The van der Waals surface area contributed by atoms with Crippen molar-refractivity contribution >= 4 is 16.7 Å². The lowest BCUT2D eigenvalue weighted by atomic mass is 9.99. The van der Waals surface area contributed by atoms with Crippen LogP contribution in [0.3, 0.4) is 0 Å². The molecular weight excluding hydrogens is 248 g/mol. The first kappa shape index (κ1) is 12.8. The highest BCUT2D eigenvalue weighted by molar-refractivity contribution is 7.85. The van der Waals surface area contributed by atoms with Gasteiger partial charge in [0.05, 0.1) is 6.07 Å². The summed E-state index contributed by atoms with van der Waals surface area (Å²) in [7, 11) is -0.814. The van der Waals surface area contributed by atoms with Crippen LogP contribution in [-0.4, -0.2) is 39.6 Å². The molecular formula is C13H14N2O2S. The summed E-state index contributed by atoms with van der Waals surface area (Å²) in [6, 6.07) is 11.1. The second-order valence-electron chi connectivity index (χ2n) is 4.15. The summed E-state index contributed by atoms with van der Waals surface area (Å²) in [4.78, 5) is 13.9. The molecule has 2 rings (SSSR count). The van der Waals surface area contributed by atoms with Crippen LogP contribution in [0.1, 0.15) is 11.5 Å². The normalized spacial score (nSPS) is 18.1. The molecule has 0 N–H and O–H groups in total. The monoisotopic (exact) mass is 262 g/mol. The highest BCUT2D eigenvalue weighted by Gasteiger charge is 2.28. The molecule has 0 aliphatic carbocycles. The van der Waals surface area contributed by atoms with Crippen molar-refractivity contribution in [2.75, 3.05) is 24.6 Å². The number of hydrogen-bond acceptors (Lipinski definition) is 3. The summed E-state index contributed by atoms with van der Waals surface area (Å²) in [6.07, 6.45) is 0.